The van der Waals surface area contributed by atoms with Gasteiger partial charge in [-0.15, -0.1) is 0 Å². The van der Waals surface area contributed by atoms with Crippen LogP contribution in [0.25, 0.3) is 0 Å². The summed E-state index contributed by atoms with van der Waals surface area (Å²) in [4.78, 5) is -0.0895. The van der Waals surface area contributed by atoms with Crippen LogP contribution in [-0.4, -0.2) is 31.4 Å². The van der Waals surface area contributed by atoms with Crippen LogP contribution in [0.1, 0.15) is 31.9 Å². The van der Waals surface area contributed by atoms with Crippen LogP contribution < -0.4 is 0 Å². The van der Waals surface area contributed by atoms with Gasteiger partial charge >= 0.3 is 0 Å². The first kappa shape index (κ1) is 17.1. The molecule has 0 saturated carbocycles. The Morgan fingerprint density at radius 2 is 1.85 bits per heavy atom. The van der Waals surface area contributed by atoms with Crippen molar-refractivity contribution in [1.82, 2.24) is 4.31 Å². The first-order valence-corrected chi connectivity index (χ1v) is 7.79. The zero-order valence-electron chi connectivity index (χ0n) is 12.6. The summed E-state index contributed by atoms with van der Waals surface area (Å²) in [5.74, 6) is -0.626. The van der Waals surface area contributed by atoms with E-state index in [1.54, 1.807) is 0 Å². The second kappa shape index (κ2) is 5.79. The molecule has 0 heterocycles. The number of nitrogens with zero attached hydrogens (tertiary/aromatic N) is 1. The van der Waals surface area contributed by atoms with Crippen LogP contribution in [0.5, 0.6) is 0 Å². The highest BCUT2D eigenvalue weighted by Crippen LogP contribution is 2.25. The van der Waals surface area contributed by atoms with Crippen LogP contribution in [0.2, 0.25) is 0 Å². The van der Waals surface area contributed by atoms with Gasteiger partial charge in [-0.1, -0.05) is 20.8 Å². The van der Waals surface area contributed by atoms with Crippen LogP contribution in [0.4, 0.5) is 4.39 Å². The summed E-state index contributed by atoms with van der Waals surface area (Å²) in [5, 5.41) is 9.09. The Hall–Kier alpha value is -0.980. The molecule has 0 radical (unpaired) electrons. The molecule has 0 aliphatic carbocycles. The lowest BCUT2D eigenvalue weighted by Crippen LogP contribution is -2.35. The van der Waals surface area contributed by atoms with Gasteiger partial charge in [0.1, 0.15) is 5.82 Å². The van der Waals surface area contributed by atoms with Crippen molar-refractivity contribution >= 4 is 10.0 Å². The molecule has 114 valence electrons. The first-order valence-electron chi connectivity index (χ1n) is 6.35. The monoisotopic (exact) mass is 303 g/mol. The van der Waals surface area contributed by atoms with Gasteiger partial charge in [-0.3, -0.25) is 0 Å². The molecule has 0 unspecified atom stereocenters. The molecule has 0 atom stereocenters. The number of hydrogen-bond acceptors (Lipinski definition) is 3. The van der Waals surface area contributed by atoms with E-state index in [0.717, 1.165) is 6.07 Å². The number of hydrogen-bond donors (Lipinski definition) is 1. The number of sulfonamides is 1. The molecule has 1 rings (SSSR count). The number of benzene rings is 1. The molecule has 0 aliphatic rings. The molecule has 0 spiro atoms. The second-order valence-corrected chi connectivity index (χ2v) is 8.19. The minimum absolute atomic E-state index is 0.0722. The maximum atomic E-state index is 13.8. The third kappa shape index (κ3) is 3.77. The Balaban J connectivity index is 3.32. The molecule has 1 aromatic carbocycles. The van der Waals surface area contributed by atoms with Gasteiger partial charge in [0, 0.05) is 19.2 Å². The van der Waals surface area contributed by atoms with E-state index < -0.39 is 22.4 Å². The van der Waals surface area contributed by atoms with Gasteiger partial charge in [-0.05, 0) is 30.0 Å². The number of rotatable bonds is 4. The molecular formula is C14H22FNO3S. The lowest BCUT2D eigenvalue weighted by molar-refractivity contribution is 0.280. The van der Waals surface area contributed by atoms with Crippen molar-refractivity contribution in [3.63, 3.8) is 0 Å². The van der Waals surface area contributed by atoms with E-state index in [4.69, 9.17) is 5.11 Å². The molecule has 0 amide bonds. The Kier molecular flexibility index (Phi) is 4.94. The van der Waals surface area contributed by atoms with Gasteiger partial charge in [0.2, 0.25) is 10.0 Å². The normalized spacial score (nSPS) is 13.0. The van der Waals surface area contributed by atoms with Crippen molar-refractivity contribution in [3.05, 3.63) is 29.1 Å². The molecule has 0 aromatic heterocycles. The van der Waals surface area contributed by atoms with Crippen molar-refractivity contribution in [2.45, 2.75) is 39.2 Å². The third-order valence-electron chi connectivity index (χ3n) is 2.92. The summed E-state index contributed by atoms with van der Waals surface area (Å²) in [5.41, 5.74) is 0.113. The fourth-order valence-electron chi connectivity index (χ4n) is 1.99. The van der Waals surface area contributed by atoms with Crippen molar-refractivity contribution in [2.24, 2.45) is 5.41 Å². The highest BCUT2D eigenvalue weighted by atomic mass is 32.2. The summed E-state index contributed by atoms with van der Waals surface area (Å²) in [6.45, 7) is 7.13. The predicted molar refractivity (Wildman–Crippen MR) is 76.3 cm³/mol. The van der Waals surface area contributed by atoms with Gasteiger partial charge < -0.3 is 5.11 Å². The molecular weight excluding hydrogens is 281 g/mol. The standard InChI is InChI=1S/C14H22FNO3S/c1-10-12(15)6-11(8-17)7-13(10)20(18,19)16(5)9-14(2,3)4/h6-7,17H,8-9H2,1-5H3. The Morgan fingerprint density at radius 1 is 1.30 bits per heavy atom. The Morgan fingerprint density at radius 3 is 2.30 bits per heavy atom. The summed E-state index contributed by atoms with van der Waals surface area (Å²) >= 11 is 0. The molecule has 1 aromatic rings. The summed E-state index contributed by atoms with van der Waals surface area (Å²) in [6.07, 6.45) is 0. The topological polar surface area (TPSA) is 57.6 Å². The Labute approximate surface area is 120 Å². The van der Waals surface area contributed by atoms with Crippen molar-refractivity contribution in [3.8, 4) is 0 Å². The number of aliphatic hydroxyl groups is 1. The van der Waals surface area contributed by atoms with Crippen LogP contribution in [0, 0.1) is 18.2 Å². The lowest BCUT2D eigenvalue weighted by Gasteiger charge is -2.26. The molecule has 20 heavy (non-hydrogen) atoms. The fourth-order valence-corrected chi connectivity index (χ4v) is 3.66. The largest absolute Gasteiger partial charge is 0.392 e. The van der Waals surface area contributed by atoms with E-state index in [-0.39, 0.29) is 21.4 Å². The fraction of sp³-hybridized carbons (Fsp3) is 0.571. The smallest absolute Gasteiger partial charge is 0.243 e. The summed E-state index contributed by atoms with van der Waals surface area (Å²) in [6, 6.07) is 2.48. The van der Waals surface area contributed by atoms with Crippen molar-refractivity contribution < 1.29 is 17.9 Å². The van der Waals surface area contributed by atoms with E-state index in [0.29, 0.717) is 6.54 Å². The summed E-state index contributed by atoms with van der Waals surface area (Å²) < 4.78 is 40.0. The van der Waals surface area contributed by atoms with Crippen molar-refractivity contribution in [2.75, 3.05) is 13.6 Å². The molecule has 0 saturated heterocycles. The van der Waals surface area contributed by atoms with Crippen LogP contribution in [0.15, 0.2) is 17.0 Å². The zero-order chi connectivity index (χ0) is 15.7. The molecule has 0 fully saturated rings. The average molecular weight is 303 g/mol. The van der Waals surface area contributed by atoms with Crippen LogP contribution >= 0.6 is 0 Å². The first-order chi connectivity index (χ1) is 8.99. The van der Waals surface area contributed by atoms with Gasteiger partial charge in [0.15, 0.2) is 0 Å². The molecule has 4 nitrogen and oxygen atoms in total. The molecule has 0 aliphatic heterocycles. The van der Waals surface area contributed by atoms with E-state index in [1.807, 2.05) is 20.8 Å². The van der Waals surface area contributed by atoms with E-state index in [9.17, 15) is 12.8 Å². The highest BCUT2D eigenvalue weighted by Gasteiger charge is 2.28. The summed E-state index contributed by atoms with van der Waals surface area (Å²) in [7, 11) is -2.30. The van der Waals surface area contributed by atoms with Crippen molar-refractivity contribution in [1.29, 1.82) is 0 Å². The lowest BCUT2D eigenvalue weighted by atomic mass is 9.97. The van der Waals surface area contributed by atoms with Gasteiger partial charge in [0.25, 0.3) is 0 Å². The minimum atomic E-state index is -3.78. The van der Waals surface area contributed by atoms with Crippen LogP contribution in [0.3, 0.4) is 0 Å². The number of aliphatic hydroxyl groups excluding tert-OH is 1. The maximum absolute atomic E-state index is 13.8. The van der Waals surface area contributed by atoms with E-state index in [1.165, 1.54) is 24.3 Å². The molecule has 6 heteroatoms. The second-order valence-electron chi connectivity index (χ2n) is 6.18. The van der Waals surface area contributed by atoms with E-state index in [2.05, 4.69) is 0 Å². The quantitative estimate of drug-likeness (QED) is 0.928. The SMILES string of the molecule is Cc1c(F)cc(CO)cc1S(=O)(=O)N(C)CC(C)(C)C. The minimum Gasteiger partial charge on any atom is -0.392 e. The predicted octanol–water partition coefficient (Wildman–Crippen LogP) is 2.29. The molecule has 1 N–H and O–H groups in total. The van der Waals surface area contributed by atoms with Gasteiger partial charge in [0.05, 0.1) is 11.5 Å². The average Bonchev–Trinajstić information content (AvgIpc) is 2.29. The van der Waals surface area contributed by atoms with Gasteiger partial charge in [-0.25, -0.2) is 17.1 Å². The number of halogens is 1. The van der Waals surface area contributed by atoms with Gasteiger partial charge in [-0.2, -0.15) is 0 Å². The van der Waals surface area contributed by atoms with E-state index >= 15 is 0 Å². The Bertz CT molecular complexity index is 591. The molecule has 0 bridgehead atoms. The highest BCUT2D eigenvalue weighted by molar-refractivity contribution is 7.89. The third-order valence-corrected chi connectivity index (χ3v) is 4.85. The maximum Gasteiger partial charge on any atom is 0.243 e. The van der Waals surface area contributed by atoms with Crippen LogP contribution in [-0.2, 0) is 16.6 Å². The zero-order valence-corrected chi connectivity index (χ0v) is 13.4.